The smallest absolute Gasteiger partial charge is 0.279 e. The van der Waals surface area contributed by atoms with Crippen molar-refractivity contribution in [1.29, 1.82) is 0 Å². The lowest BCUT2D eigenvalue weighted by molar-refractivity contribution is -0.910. The first-order valence-electron chi connectivity index (χ1n) is 10.7. The number of carbonyl (C=O) groups is 1. The summed E-state index contributed by atoms with van der Waals surface area (Å²) >= 11 is 0. The van der Waals surface area contributed by atoms with E-state index in [1.807, 2.05) is 54.6 Å². The minimum Gasteiger partial charge on any atom is -0.497 e. The zero-order valence-corrected chi connectivity index (χ0v) is 18.1. The van der Waals surface area contributed by atoms with Gasteiger partial charge in [0.25, 0.3) is 5.91 Å². The molecule has 3 aromatic rings. The maximum absolute atomic E-state index is 13.0. The molecule has 0 aromatic heterocycles. The Hall–Kier alpha value is -3.31. The highest BCUT2D eigenvalue weighted by molar-refractivity contribution is 5.96. The summed E-state index contributed by atoms with van der Waals surface area (Å²) in [5, 5.41) is 3.14. The summed E-state index contributed by atoms with van der Waals surface area (Å²) in [6.07, 6.45) is 2.12. The van der Waals surface area contributed by atoms with Crippen molar-refractivity contribution in [2.75, 3.05) is 32.6 Å². The number of amides is 1. The van der Waals surface area contributed by atoms with Crippen LogP contribution in [0.4, 0.5) is 5.69 Å². The third kappa shape index (κ3) is 4.72. The number of hydrogen-bond acceptors (Lipinski definition) is 3. The number of rotatable bonds is 7. The Bertz CT molecular complexity index is 1040. The van der Waals surface area contributed by atoms with Crippen molar-refractivity contribution in [2.45, 2.75) is 18.9 Å². The summed E-state index contributed by atoms with van der Waals surface area (Å²) in [5.41, 5.74) is 4.10. The lowest BCUT2D eigenvalue weighted by atomic mass is 10.0. The van der Waals surface area contributed by atoms with E-state index in [2.05, 4.69) is 23.5 Å². The fraction of sp³-hybridized carbons (Fsp3) is 0.269. The third-order valence-electron chi connectivity index (χ3n) is 5.97. The predicted molar refractivity (Wildman–Crippen MR) is 123 cm³/mol. The van der Waals surface area contributed by atoms with E-state index in [-0.39, 0.29) is 11.9 Å². The van der Waals surface area contributed by atoms with Crippen LogP contribution in [0.2, 0.25) is 0 Å². The molecule has 1 saturated heterocycles. The van der Waals surface area contributed by atoms with Crippen molar-refractivity contribution in [1.82, 2.24) is 0 Å². The van der Waals surface area contributed by atoms with Gasteiger partial charge in [0.15, 0.2) is 6.54 Å². The molecule has 3 aromatic carbocycles. The van der Waals surface area contributed by atoms with Crippen LogP contribution in [0.1, 0.15) is 24.4 Å². The first-order chi connectivity index (χ1) is 15.2. The Morgan fingerprint density at radius 3 is 2.55 bits per heavy atom. The van der Waals surface area contributed by atoms with Gasteiger partial charge in [0.05, 0.1) is 26.3 Å². The summed E-state index contributed by atoms with van der Waals surface area (Å²) in [4.78, 5) is 14.3. The predicted octanol–water partition coefficient (Wildman–Crippen LogP) is 3.73. The first kappa shape index (κ1) is 20.9. The maximum atomic E-state index is 13.0. The van der Waals surface area contributed by atoms with Crippen LogP contribution >= 0.6 is 0 Å². The van der Waals surface area contributed by atoms with E-state index in [0.717, 1.165) is 53.3 Å². The van der Waals surface area contributed by atoms with Crippen molar-refractivity contribution in [3.8, 4) is 22.6 Å². The second-order valence-electron chi connectivity index (χ2n) is 7.85. The highest BCUT2D eigenvalue weighted by Crippen LogP contribution is 2.32. The maximum Gasteiger partial charge on any atom is 0.279 e. The second-order valence-corrected chi connectivity index (χ2v) is 7.85. The largest absolute Gasteiger partial charge is 0.497 e. The van der Waals surface area contributed by atoms with Gasteiger partial charge >= 0.3 is 0 Å². The van der Waals surface area contributed by atoms with E-state index in [1.165, 1.54) is 4.90 Å². The quantitative estimate of drug-likeness (QED) is 0.616. The Labute approximate surface area is 183 Å². The monoisotopic (exact) mass is 417 g/mol. The molecule has 0 spiro atoms. The van der Waals surface area contributed by atoms with Gasteiger partial charge in [0.1, 0.15) is 17.5 Å². The number of quaternary nitrogens is 1. The highest BCUT2D eigenvalue weighted by atomic mass is 16.5. The molecule has 0 radical (unpaired) electrons. The molecule has 0 saturated carbocycles. The van der Waals surface area contributed by atoms with Crippen LogP contribution < -0.4 is 19.7 Å². The van der Waals surface area contributed by atoms with Crippen molar-refractivity contribution < 1.29 is 19.2 Å². The number of carbonyl (C=O) groups excluding carboxylic acids is 1. The number of hydrogen-bond donors (Lipinski definition) is 2. The molecule has 2 N–H and O–H groups in total. The fourth-order valence-electron chi connectivity index (χ4n) is 4.47. The highest BCUT2D eigenvalue weighted by Gasteiger charge is 2.33. The SMILES string of the molecule is COc1ccc([C@H]2CCC[NH+]2CC(=O)Nc2ccccc2-c2ccccc2)c(OC)c1. The molecule has 2 atom stereocenters. The molecule has 1 amide bonds. The molecule has 4 rings (SSSR count). The van der Waals surface area contributed by atoms with Gasteiger partial charge in [-0.05, 0) is 23.8 Å². The number of nitrogens with one attached hydrogen (secondary N) is 2. The van der Waals surface area contributed by atoms with Crippen LogP contribution in [0, 0.1) is 0 Å². The average molecular weight is 418 g/mol. The van der Waals surface area contributed by atoms with Gasteiger partial charge in [-0.2, -0.15) is 0 Å². The summed E-state index contributed by atoms with van der Waals surface area (Å²) in [6, 6.07) is 24.3. The lowest BCUT2D eigenvalue weighted by Crippen LogP contribution is -3.11. The normalized spacial score (nSPS) is 17.9. The van der Waals surface area contributed by atoms with E-state index in [9.17, 15) is 4.79 Å². The fourth-order valence-corrected chi connectivity index (χ4v) is 4.47. The summed E-state index contributed by atoms with van der Waals surface area (Å²) in [6.45, 7) is 1.39. The van der Waals surface area contributed by atoms with E-state index in [4.69, 9.17) is 9.47 Å². The molecule has 1 heterocycles. The van der Waals surface area contributed by atoms with E-state index in [1.54, 1.807) is 14.2 Å². The lowest BCUT2D eigenvalue weighted by Gasteiger charge is -2.23. The molecular formula is C26H29N2O3+. The van der Waals surface area contributed by atoms with E-state index >= 15 is 0 Å². The molecule has 5 nitrogen and oxygen atoms in total. The average Bonchev–Trinajstić information content (AvgIpc) is 3.27. The molecular weight excluding hydrogens is 388 g/mol. The number of para-hydroxylation sites is 1. The summed E-state index contributed by atoms with van der Waals surface area (Å²) < 4.78 is 10.9. The van der Waals surface area contributed by atoms with Crippen molar-refractivity contribution in [3.63, 3.8) is 0 Å². The van der Waals surface area contributed by atoms with Crippen LogP contribution in [0.15, 0.2) is 72.8 Å². The zero-order chi connectivity index (χ0) is 21.6. The van der Waals surface area contributed by atoms with Crippen LogP contribution in [0.5, 0.6) is 11.5 Å². The molecule has 1 unspecified atom stereocenters. The van der Waals surface area contributed by atoms with Gasteiger partial charge in [-0.1, -0.05) is 48.5 Å². The zero-order valence-electron chi connectivity index (χ0n) is 18.1. The van der Waals surface area contributed by atoms with Gasteiger partial charge in [-0.15, -0.1) is 0 Å². The molecule has 0 aliphatic carbocycles. The van der Waals surface area contributed by atoms with Gasteiger partial charge in [0, 0.05) is 30.2 Å². The Balaban J connectivity index is 1.50. The van der Waals surface area contributed by atoms with Crippen molar-refractivity contribution in [2.24, 2.45) is 0 Å². The number of ether oxygens (including phenoxy) is 2. The van der Waals surface area contributed by atoms with Gasteiger partial charge in [-0.25, -0.2) is 0 Å². The Morgan fingerprint density at radius 2 is 1.77 bits per heavy atom. The van der Waals surface area contributed by atoms with Crippen LogP contribution in [-0.4, -0.2) is 33.2 Å². The molecule has 160 valence electrons. The number of methoxy groups -OCH3 is 2. The van der Waals surface area contributed by atoms with Crippen LogP contribution in [0.3, 0.4) is 0 Å². The van der Waals surface area contributed by atoms with Gasteiger partial charge in [-0.3, -0.25) is 4.79 Å². The molecule has 5 heteroatoms. The molecule has 1 aliphatic heterocycles. The van der Waals surface area contributed by atoms with Gasteiger partial charge < -0.3 is 19.7 Å². The number of likely N-dealkylation sites (tertiary alicyclic amines) is 1. The minimum atomic E-state index is 0.0257. The van der Waals surface area contributed by atoms with Crippen LogP contribution in [-0.2, 0) is 4.79 Å². The summed E-state index contributed by atoms with van der Waals surface area (Å²) in [7, 11) is 3.33. The number of anilines is 1. The minimum absolute atomic E-state index is 0.0257. The number of benzene rings is 3. The van der Waals surface area contributed by atoms with Crippen LogP contribution in [0.25, 0.3) is 11.1 Å². The second kappa shape index (κ2) is 9.67. The topological polar surface area (TPSA) is 52.0 Å². The molecule has 0 bridgehead atoms. The van der Waals surface area contributed by atoms with E-state index < -0.39 is 0 Å². The molecule has 1 fully saturated rings. The Kier molecular flexibility index (Phi) is 6.53. The van der Waals surface area contributed by atoms with E-state index in [0.29, 0.717) is 6.54 Å². The molecule has 31 heavy (non-hydrogen) atoms. The summed E-state index contributed by atoms with van der Waals surface area (Å²) in [5.74, 6) is 1.62. The van der Waals surface area contributed by atoms with Gasteiger partial charge in [0.2, 0.25) is 0 Å². The van der Waals surface area contributed by atoms with Crippen molar-refractivity contribution in [3.05, 3.63) is 78.4 Å². The third-order valence-corrected chi connectivity index (χ3v) is 5.97. The van der Waals surface area contributed by atoms with Crippen molar-refractivity contribution >= 4 is 11.6 Å². The first-order valence-corrected chi connectivity index (χ1v) is 10.7. The molecule has 1 aliphatic rings. The Morgan fingerprint density at radius 1 is 1.00 bits per heavy atom. The standard InChI is InChI=1S/C26H28N2O3/c1-30-20-14-15-22(25(17-20)31-2)24-13-8-16-28(24)18-26(29)27-23-12-7-6-11-21(23)19-9-4-3-5-10-19/h3-7,9-12,14-15,17,24H,8,13,16,18H2,1-2H3,(H,27,29)/p+1/t24-/m1/s1.